The smallest absolute Gasteiger partial charge is 0.208 e. The van der Waals surface area contributed by atoms with Crippen molar-refractivity contribution in [3.8, 4) is 0 Å². The highest BCUT2D eigenvalue weighted by Gasteiger charge is 2.30. The van der Waals surface area contributed by atoms with Crippen LogP contribution < -0.4 is 11.3 Å². The van der Waals surface area contributed by atoms with Crippen LogP contribution in [0.5, 0.6) is 0 Å². The van der Waals surface area contributed by atoms with Gasteiger partial charge in [-0.05, 0) is 26.7 Å². The number of rotatable bonds is 1. The number of hydrogen-bond donors (Lipinski definition) is 2. The normalized spacial score (nSPS) is 26.6. The van der Waals surface area contributed by atoms with E-state index in [1.807, 2.05) is 0 Å². The summed E-state index contributed by atoms with van der Waals surface area (Å²) in [4.78, 5) is 6.72. The Balaban J connectivity index is 2.00. The second-order valence-electron chi connectivity index (χ2n) is 4.86. The van der Waals surface area contributed by atoms with Crippen LogP contribution in [0.15, 0.2) is 4.99 Å². The SMILES string of the molecule is CC1(C)CN(C(=NC2CC2)NN)CCO1. The van der Waals surface area contributed by atoms with Crippen molar-refractivity contribution in [2.45, 2.75) is 38.3 Å². The first-order chi connectivity index (χ1) is 7.11. The lowest BCUT2D eigenvalue weighted by molar-refractivity contribution is -0.0685. The molecular weight excluding hydrogens is 192 g/mol. The first-order valence-electron chi connectivity index (χ1n) is 5.54. The number of morpholine rings is 1. The van der Waals surface area contributed by atoms with E-state index in [0.717, 1.165) is 25.7 Å². The molecule has 5 heteroatoms. The standard InChI is InChI=1S/C10H20N4O/c1-10(2)7-14(5-6-15-10)9(13-11)12-8-3-4-8/h8H,3-7,11H2,1-2H3,(H,12,13). The molecular formula is C10H20N4O. The summed E-state index contributed by atoms with van der Waals surface area (Å²) in [7, 11) is 0. The maximum atomic E-state index is 5.65. The summed E-state index contributed by atoms with van der Waals surface area (Å²) in [6, 6.07) is 0.488. The predicted octanol–water partition coefficient (Wildman–Crippen LogP) is 0.0789. The number of aliphatic imine (C=N–C) groups is 1. The van der Waals surface area contributed by atoms with E-state index in [9.17, 15) is 0 Å². The lowest BCUT2D eigenvalue weighted by Gasteiger charge is -2.39. The minimum Gasteiger partial charge on any atom is -0.372 e. The Kier molecular flexibility index (Phi) is 2.84. The molecule has 0 atom stereocenters. The number of guanidine groups is 1. The highest BCUT2D eigenvalue weighted by Crippen LogP contribution is 2.24. The van der Waals surface area contributed by atoms with Gasteiger partial charge in [-0.25, -0.2) is 10.8 Å². The molecule has 0 unspecified atom stereocenters. The minimum atomic E-state index is -0.112. The largest absolute Gasteiger partial charge is 0.372 e. The number of ether oxygens (including phenoxy) is 1. The van der Waals surface area contributed by atoms with Gasteiger partial charge in [-0.15, -0.1) is 0 Å². The molecule has 2 aliphatic rings. The van der Waals surface area contributed by atoms with E-state index >= 15 is 0 Å². The first-order valence-corrected chi connectivity index (χ1v) is 5.54. The van der Waals surface area contributed by atoms with Crippen molar-refractivity contribution in [3.05, 3.63) is 0 Å². The molecule has 1 heterocycles. The monoisotopic (exact) mass is 212 g/mol. The Morgan fingerprint density at radius 3 is 2.80 bits per heavy atom. The van der Waals surface area contributed by atoms with Gasteiger partial charge in [0.2, 0.25) is 5.96 Å². The summed E-state index contributed by atoms with van der Waals surface area (Å²) in [5.41, 5.74) is 2.59. The van der Waals surface area contributed by atoms with Gasteiger partial charge in [0.15, 0.2) is 0 Å². The van der Waals surface area contributed by atoms with Crippen LogP contribution in [0, 0.1) is 0 Å². The van der Waals surface area contributed by atoms with Gasteiger partial charge in [-0.2, -0.15) is 0 Å². The topological polar surface area (TPSA) is 62.9 Å². The van der Waals surface area contributed by atoms with Gasteiger partial charge in [0.1, 0.15) is 0 Å². The van der Waals surface area contributed by atoms with Gasteiger partial charge in [-0.1, -0.05) is 0 Å². The lowest BCUT2D eigenvalue weighted by atomic mass is 10.1. The van der Waals surface area contributed by atoms with Crippen LogP contribution in [-0.4, -0.2) is 42.2 Å². The fourth-order valence-electron chi connectivity index (χ4n) is 1.78. The molecule has 1 saturated heterocycles. The van der Waals surface area contributed by atoms with Crippen LogP contribution in [0.4, 0.5) is 0 Å². The molecule has 0 radical (unpaired) electrons. The number of hydrazine groups is 1. The Bertz CT molecular complexity index is 260. The van der Waals surface area contributed by atoms with E-state index in [-0.39, 0.29) is 5.60 Å². The molecule has 3 N–H and O–H groups in total. The zero-order chi connectivity index (χ0) is 10.9. The molecule has 1 aliphatic heterocycles. The van der Waals surface area contributed by atoms with Crippen molar-refractivity contribution in [2.75, 3.05) is 19.7 Å². The Morgan fingerprint density at radius 1 is 1.53 bits per heavy atom. The minimum absolute atomic E-state index is 0.112. The molecule has 0 spiro atoms. The van der Waals surface area contributed by atoms with Gasteiger partial charge in [-0.3, -0.25) is 5.43 Å². The second-order valence-corrected chi connectivity index (χ2v) is 4.86. The predicted molar refractivity (Wildman–Crippen MR) is 59.4 cm³/mol. The third kappa shape index (κ3) is 2.82. The van der Waals surface area contributed by atoms with Crippen molar-refractivity contribution < 1.29 is 4.74 Å². The molecule has 0 amide bonds. The van der Waals surface area contributed by atoms with E-state index in [1.54, 1.807) is 0 Å². The fourth-order valence-corrected chi connectivity index (χ4v) is 1.78. The highest BCUT2D eigenvalue weighted by atomic mass is 16.5. The third-order valence-electron chi connectivity index (χ3n) is 2.71. The number of nitrogens with zero attached hydrogens (tertiary/aromatic N) is 2. The Hall–Kier alpha value is -0.810. The molecule has 1 saturated carbocycles. The maximum Gasteiger partial charge on any atom is 0.208 e. The lowest BCUT2D eigenvalue weighted by Crippen LogP contribution is -2.55. The number of hydrogen-bond acceptors (Lipinski definition) is 3. The highest BCUT2D eigenvalue weighted by molar-refractivity contribution is 5.80. The van der Waals surface area contributed by atoms with Crippen molar-refractivity contribution in [1.82, 2.24) is 10.3 Å². The molecule has 2 fully saturated rings. The quantitative estimate of drug-likeness (QED) is 0.280. The van der Waals surface area contributed by atoms with Crippen LogP contribution in [0.25, 0.3) is 0 Å². The summed E-state index contributed by atoms with van der Waals surface area (Å²) in [6.45, 7) is 6.61. The van der Waals surface area contributed by atoms with Crippen LogP contribution in [0.2, 0.25) is 0 Å². The number of nitrogens with one attached hydrogen (secondary N) is 1. The Morgan fingerprint density at radius 2 is 2.27 bits per heavy atom. The van der Waals surface area contributed by atoms with Crippen LogP contribution >= 0.6 is 0 Å². The van der Waals surface area contributed by atoms with E-state index in [2.05, 4.69) is 29.2 Å². The third-order valence-corrected chi connectivity index (χ3v) is 2.71. The Labute approximate surface area is 90.6 Å². The van der Waals surface area contributed by atoms with Crippen LogP contribution in [0.1, 0.15) is 26.7 Å². The number of nitrogens with two attached hydrogens (primary N) is 1. The summed E-state index contributed by atoms with van der Waals surface area (Å²) >= 11 is 0. The van der Waals surface area contributed by atoms with Crippen LogP contribution in [-0.2, 0) is 4.74 Å². The zero-order valence-corrected chi connectivity index (χ0v) is 9.49. The van der Waals surface area contributed by atoms with Gasteiger partial charge < -0.3 is 9.64 Å². The van der Waals surface area contributed by atoms with Crippen molar-refractivity contribution in [3.63, 3.8) is 0 Å². The van der Waals surface area contributed by atoms with Gasteiger partial charge in [0.25, 0.3) is 0 Å². The summed E-state index contributed by atoms with van der Waals surface area (Å²) in [6.07, 6.45) is 2.39. The maximum absolute atomic E-state index is 5.65. The molecule has 0 bridgehead atoms. The molecule has 5 nitrogen and oxygen atoms in total. The van der Waals surface area contributed by atoms with Crippen LogP contribution in [0.3, 0.4) is 0 Å². The zero-order valence-electron chi connectivity index (χ0n) is 9.49. The van der Waals surface area contributed by atoms with E-state index in [1.165, 1.54) is 12.8 Å². The molecule has 15 heavy (non-hydrogen) atoms. The molecule has 0 aromatic rings. The summed E-state index contributed by atoms with van der Waals surface area (Å²) in [5, 5.41) is 0. The van der Waals surface area contributed by atoms with E-state index < -0.39 is 0 Å². The molecule has 0 aromatic carbocycles. The average Bonchev–Trinajstić information content (AvgIpc) is 2.96. The van der Waals surface area contributed by atoms with Crippen molar-refractivity contribution in [2.24, 2.45) is 10.8 Å². The van der Waals surface area contributed by atoms with E-state index in [0.29, 0.717) is 6.04 Å². The molecule has 2 rings (SSSR count). The molecule has 1 aliphatic carbocycles. The summed E-state index contributed by atoms with van der Waals surface area (Å²) in [5.74, 6) is 6.32. The summed E-state index contributed by atoms with van der Waals surface area (Å²) < 4.78 is 5.65. The molecule has 86 valence electrons. The van der Waals surface area contributed by atoms with Gasteiger partial charge >= 0.3 is 0 Å². The second kappa shape index (κ2) is 3.98. The van der Waals surface area contributed by atoms with E-state index in [4.69, 9.17) is 10.6 Å². The van der Waals surface area contributed by atoms with Gasteiger partial charge in [0.05, 0.1) is 18.2 Å². The van der Waals surface area contributed by atoms with Crippen molar-refractivity contribution in [1.29, 1.82) is 0 Å². The fraction of sp³-hybridized carbons (Fsp3) is 0.900. The molecule has 0 aromatic heterocycles. The average molecular weight is 212 g/mol. The van der Waals surface area contributed by atoms with Gasteiger partial charge in [0, 0.05) is 13.1 Å². The van der Waals surface area contributed by atoms with Crippen molar-refractivity contribution >= 4 is 5.96 Å². The first kappa shape index (κ1) is 10.7.